The van der Waals surface area contributed by atoms with E-state index in [1.165, 1.54) is 24.3 Å². The summed E-state index contributed by atoms with van der Waals surface area (Å²) in [6, 6.07) is 12.8. The van der Waals surface area contributed by atoms with Crippen molar-refractivity contribution < 1.29 is 19.2 Å². The smallest absolute Gasteiger partial charge is 0.354 e. The molecule has 1 amide bonds. The second-order valence-corrected chi connectivity index (χ2v) is 7.41. The molecule has 0 saturated carbocycles. The summed E-state index contributed by atoms with van der Waals surface area (Å²) in [6.07, 6.45) is 1.35. The first-order valence-electron chi connectivity index (χ1n) is 9.17. The van der Waals surface area contributed by atoms with Gasteiger partial charge in [0.25, 0.3) is 11.6 Å². The van der Waals surface area contributed by atoms with Crippen molar-refractivity contribution in [3.8, 4) is 0 Å². The van der Waals surface area contributed by atoms with E-state index in [2.05, 4.69) is 26.1 Å². The molecule has 0 aliphatic rings. The predicted octanol–water partition coefficient (Wildman–Crippen LogP) is 4.23. The summed E-state index contributed by atoms with van der Waals surface area (Å²) in [4.78, 5) is 35.3. The van der Waals surface area contributed by atoms with E-state index >= 15 is 0 Å². The normalized spacial score (nSPS) is 11.7. The van der Waals surface area contributed by atoms with Crippen molar-refractivity contribution in [2.24, 2.45) is 0 Å². The van der Waals surface area contributed by atoms with Gasteiger partial charge in [0, 0.05) is 17.7 Å². The number of hydrogen-bond acceptors (Lipinski definition) is 5. The number of rotatable bonds is 6. The highest BCUT2D eigenvalue weighted by molar-refractivity contribution is 6.03. The van der Waals surface area contributed by atoms with Crippen LogP contribution in [-0.4, -0.2) is 23.4 Å². The molecule has 0 fully saturated rings. The molecule has 0 spiro atoms. The minimum atomic E-state index is -0.723. The van der Waals surface area contributed by atoms with Crippen LogP contribution in [0.2, 0.25) is 0 Å². The lowest BCUT2D eigenvalue weighted by atomic mass is 9.87. The minimum Gasteiger partial charge on any atom is -0.461 e. The summed E-state index contributed by atoms with van der Waals surface area (Å²) in [7, 11) is 0. The van der Waals surface area contributed by atoms with Crippen LogP contribution in [0.25, 0.3) is 6.08 Å². The minimum absolute atomic E-state index is 0.0486. The third-order valence-corrected chi connectivity index (χ3v) is 4.15. The zero-order valence-corrected chi connectivity index (χ0v) is 16.9. The molecular weight excluding hydrogens is 372 g/mol. The number of nitrogens with zero attached hydrogens (tertiary/aromatic N) is 1. The summed E-state index contributed by atoms with van der Waals surface area (Å²) in [5.74, 6) is -1.20. The van der Waals surface area contributed by atoms with E-state index in [-0.39, 0.29) is 23.4 Å². The van der Waals surface area contributed by atoms with Crippen molar-refractivity contribution in [2.45, 2.75) is 33.1 Å². The van der Waals surface area contributed by atoms with Crippen LogP contribution in [0.15, 0.2) is 54.2 Å². The molecule has 1 N–H and O–H groups in total. The number of hydrogen-bond donors (Lipinski definition) is 1. The zero-order chi connectivity index (χ0) is 21.6. The van der Waals surface area contributed by atoms with Crippen molar-refractivity contribution in [2.75, 3.05) is 6.61 Å². The summed E-state index contributed by atoms with van der Waals surface area (Å²) < 4.78 is 5.00. The Morgan fingerprint density at radius 2 is 1.79 bits per heavy atom. The van der Waals surface area contributed by atoms with Crippen LogP contribution in [0.3, 0.4) is 0 Å². The molecule has 2 rings (SSSR count). The second-order valence-electron chi connectivity index (χ2n) is 7.41. The number of benzene rings is 2. The Bertz CT molecular complexity index is 940. The molecule has 0 bridgehead atoms. The van der Waals surface area contributed by atoms with Crippen LogP contribution in [0.4, 0.5) is 5.69 Å². The van der Waals surface area contributed by atoms with Crippen LogP contribution >= 0.6 is 0 Å². The van der Waals surface area contributed by atoms with Crippen LogP contribution in [-0.2, 0) is 14.9 Å². The summed E-state index contributed by atoms with van der Waals surface area (Å²) >= 11 is 0. The van der Waals surface area contributed by atoms with Crippen molar-refractivity contribution in [1.29, 1.82) is 0 Å². The molecule has 0 saturated heterocycles. The topological polar surface area (TPSA) is 98.5 Å². The first-order valence-corrected chi connectivity index (χ1v) is 9.17. The van der Waals surface area contributed by atoms with Crippen LogP contribution in [0.5, 0.6) is 0 Å². The highest BCUT2D eigenvalue weighted by atomic mass is 16.6. The average molecular weight is 396 g/mol. The third kappa shape index (κ3) is 6.00. The van der Waals surface area contributed by atoms with Gasteiger partial charge in [-0.2, -0.15) is 0 Å². The van der Waals surface area contributed by atoms with Gasteiger partial charge in [0.05, 0.1) is 11.5 Å². The lowest BCUT2D eigenvalue weighted by Gasteiger charge is -2.19. The standard InChI is InChI=1S/C22H24N2O5/c1-5-29-21(26)19(14-15-7-6-8-18(13-15)24(27)28)23-20(25)16-9-11-17(12-10-16)22(2,3)4/h6-14H,5H2,1-4H3,(H,23,25). The number of ether oxygens (including phenoxy) is 1. The van der Waals surface area contributed by atoms with Gasteiger partial charge in [0.1, 0.15) is 5.70 Å². The van der Waals surface area contributed by atoms with Crippen molar-refractivity contribution >= 4 is 23.6 Å². The van der Waals surface area contributed by atoms with Gasteiger partial charge >= 0.3 is 5.97 Å². The Kier molecular flexibility index (Phi) is 6.88. The van der Waals surface area contributed by atoms with E-state index in [1.54, 1.807) is 25.1 Å². The number of non-ortho nitro benzene ring substituents is 1. The molecule has 7 nitrogen and oxygen atoms in total. The maximum absolute atomic E-state index is 12.6. The molecule has 0 heterocycles. The molecule has 0 radical (unpaired) electrons. The van der Waals surface area contributed by atoms with Crippen LogP contribution < -0.4 is 5.32 Å². The van der Waals surface area contributed by atoms with Crippen molar-refractivity contribution in [3.05, 3.63) is 81.0 Å². The summed E-state index contributed by atoms with van der Waals surface area (Å²) in [6.45, 7) is 7.99. The zero-order valence-electron chi connectivity index (χ0n) is 16.9. The van der Waals surface area contributed by atoms with Crippen LogP contribution in [0.1, 0.15) is 49.2 Å². The number of carbonyl (C=O) groups is 2. The highest BCUT2D eigenvalue weighted by Crippen LogP contribution is 2.22. The van der Waals surface area contributed by atoms with Gasteiger partial charge in [-0.15, -0.1) is 0 Å². The molecule has 0 atom stereocenters. The third-order valence-electron chi connectivity index (χ3n) is 4.15. The summed E-state index contributed by atoms with van der Waals surface area (Å²) in [5, 5.41) is 13.5. The van der Waals surface area contributed by atoms with E-state index in [0.29, 0.717) is 11.1 Å². The fourth-order valence-electron chi connectivity index (χ4n) is 2.57. The Labute approximate surface area is 169 Å². The number of carbonyl (C=O) groups excluding carboxylic acids is 2. The van der Waals surface area contributed by atoms with Gasteiger partial charge in [-0.1, -0.05) is 45.0 Å². The van der Waals surface area contributed by atoms with Crippen molar-refractivity contribution in [3.63, 3.8) is 0 Å². The van der Waals surface area contributed by atoms with Gasteiger partial charge < -0.3 is 10.1 Å². The largest absolute Gasteiger partial charge is 0.461 e. The fraction of sp³-hybridized carbons (Fsp3) is 0.273. The van der Waals surface area contributed by atoms with E-state index in [0.717, 1.165) is 5.56 Å². The van der Waals surface area contributed by atoms with Gasteiger partial charge in [-0.05, 0) is 41.7 Å². The monoisotopic (exact) mass is 396 g/mol. The maximum Gasteiger partial charge on any atom is 0.354 e. The SMILES string of the molecule is CCOC(=O)C(=Cc1cccc([N+](=O)[O-])c1)NC(=O)c1ccc(C(C)(C)C)cc1. The molecule has 0 aromatic heterocycles. The average Bonchev–Trinajstić information content (AvgIpc) is 2.67. The second kappa shape index (κ2) is 9.14. The number of esters is 1. The Balaban J connectivity index is 2.31. The molecule has 0 unspecified atom stereocenters. The maximum atomic E-state index is 12.6. The number of amides is 1. The molecule has 0 aliphatic heterocycles. The number of nitro groups is 1. The van der Waals surface area contributed by atoms with Gasteiger partial charge in [-0.3, -0.25) is 14.9 Å². The van der Waals surface area contributed by atoms with E-state index in [1.807, 2.05) is 12.1 Å². The van der Waals surface area contributed by atoms with Gasteiger partial charge in [0.15, 0.2) is 0 Å². The quantitative estimate of drug-likeness (QED) is 0.341. The Morgan fingerprint density at radius 3 is 2.34 bits per heavy atom. The van der Waals surface area contributed by atoms with Crippen molar-refractivity contribution in [1.82, 2.24) is 5.32 Å². The number of nitro benzene ring substituents is 1. The molecular formula is C22H24N2O5. The fourth-order valence-corrected chi connectivity index (χ4v) is 2.57. The molecule has 7 heteroatoms. The number of nitrogens with one attached hydrogen (secondary N) is 1. The van der Waals surface area contributed by atoms with Crippen LogP contribution in [0, 0.1) is 10.1 Å². The highest BCUT2D eigenvalue weighted by Gasteiger charge is 2.18. The van der Waals surface area contributed by atoms with E-state index in [9.17, 15) is 19.7 Å². The molecule has 2 aromatic rings. The first kappa shape index (κ1) is 21.8. The Hall–Kier alpha value is -3.48. The Morgan fingerprint density at radius 1 is 1.14 bits per heavy atom. The molecule has 0 aliphatic carbocycles. The predicted molar refractivity (Wildman–Crippen MR) is 110 cm³/mol. The molecule has 152 valence electrons. The van der Waals surface area contributed by atoms with E-state index in [4.69, 9.17) is 4.74 Å². The van der Waals surface area contributed by atoms with Gasteiger partial charge in [-0.25, -0.2) is 4.79 Å². The first-order chi connectivity index (χ1) is 13.6. The lowest BCUT2D eigenvalue weighted by Crippen LogP contribution is -2.28. The van der Waals surface area contributed by atoms with E-state index < -0.39 is 16.8 Å². The summed E-state index contributed by atoms with van der Waals surface area (Å²) in [5.41, 5.74) is 1.58. The molecule has 2 aromatic carbocycles. The lowest BCUT2D eigenvalue weighted by molar-refractivity contribution is -0.384. The molecule has 29 heavy (non-hydrogen) atoms. The van der Waals surface area contributed by atoms with Gasteiger partial charge in [0.2, 0.25) is 0 Å².